The van der Waals surface area contributed by atoms with Crippen molar-refractivity contribution in [2.45, 2.75) is 13.5 Å². The van der Waals surface area contributed by atoms with E-state index in [0.717, 1.165) is 5.56 Å². The Bertz CT molecular complexity index is 933. The number of carbonyl (C=O) groups is 1. The Kier molecular flexibility index (Phi) is 4.48. The molecule has 122 valence electrons. The van der Waals surface area contributed by atoms with Crippen LogP contribution in [0.15, 0.2) is 58.2 Å². The number of hydrogen-bond donors (Lipinski definition) is 1. The summed E-state index contributed by atoms with van der Waals surface area (Å²) in [7, 11) is 0. The predicted molar refractivity (Wildman–Crippen MR) is 91.0 cm³/mol. The highest BCUT2D eigenvalue weighted by Gasteiger charge is 2.10. The minimum atomic E-state index is -0.339. The molecule has 0 unspecified atom stereocenters. The maximum Gasteiger partial charge on any atom is 0.254 e. The van der Waals surface area contributed by atoms with Crippen molar-refractivity contribution in [1.29, 1.82) is 0 Å². The van der Waals surface area contributed by atoms with Gasteiger partial charge in [-0.25, -0.2) is 4.98 Å². The van der Waals surface area contributed by atoms with Gasteiger partial charge in [0.15, 0.2) is 5.76 Å². The van der Waals surface area contributed by atoms with E-state index in [1.165, 1.54) is 23.2 Å². The molecular formula is C17H14ClN3O3. The van der Waals surface area contributed by atoms with E-state index in [-0.39, 0.29) is 18.0 Å². The lowest BCUT2D eigenvalue weighted by atomic mass is 10.2. The molecule has 1 aromatic carbocycles. The van der Waals surface area contributed by atoms with Crippen LogP contribution in [0.1, 0.15) is 5.56 Å². The molecule has 3 aromatic rings. The van der Waals surface area contributed by atoms with Crippen molar-refractivity contribution in [1.82, 2.24) is 9.55 Å². The molecule has 0 atom stereocenters. The number of benzene rings is 1. The van der Waals surface area contributed by atoms with E-state index in [2.05, 4.69) is 10.3 Å². The van der Waals surface area contributed by atoms with Gasteiger partial charge < -0.3 is 9.73 Å². The Morgan fingerprint density at radius 3 is 2.88 bits per heavy atom. The first-order chi connectivity index (χ1) is 11.5. The lowest BCUT2D eigenvalue weighted by molar-refractivity contribution is -0.116. The summed E-state index contributed by atoms with van der Waals surface area (Å²) in [6, 6.07) is 9.99. The van der Waals surface area contributed by atoms with E-state index in [0.29, 0.717) is 22.2 Å². The number of aromatic nitrogens is 2. The summed E-state index contributed by atoms with van der Waals surface area (Å²) in [4.78, 5) is 28.4. The third kappa shape index (κ3) is 3.38. The molecule has 7 heteroatoms. The average Bonchev–Trinajstić information content (AvgIpc) is 3.08. The Morgan fingerprint density at radius 1 is 1.33 bits per heavy atom. The number of rotatable bonds is 4. The third-order valence-corrected chi connectivity index (χ3v) is 3.92. The SMILES string of the molecule is Cc1c(Cl)cccc1NC(=O)Cn1cnc(-c2ccco2)cc1=O. The van der Waals surface area contributed by atoms with Crippen LogP contribution in [0.3, 0.4) is 0 Å². The zero-order valence-electron chi connectivity index (χ0n) is 12.8. The van der Waals surface area contributed by atoms with Crippen LogP contribution in [0.25, 0.3) is 11.5 Å². The van der Waals surface area contributed by atoms with Gasteiger partial charge in [0.25, 0.3) is 5.56 Å². The van der Waals surface area contributed by atoms with Gasteiger partial charge in [0.1, 0.15) is 12.2 Å². The number of nitrogens with one attached hydrogen (secondary N) is 1. The normalized spacial score (nSPS) is 10.6. The van der Waals surface area contributed by atoms with Gasteiger partial charge in [0.05, 0.1) is 12.6 Å². The van der Waals surface area contributed by atoms with E-state index in [1.807, 2.05) is 6.92 Å². The summed E-state index contributed by atoms with van der Waals surface area (Å²) < 4.78 is 6.42. The van der Waals surface area contributed by atoms with Gasteiger partial charge in [0.2, 0.25) is 5.91 Å². The predicted octanol–water partition coefficient (Wildman–Crippen LogP) is 3.10. The molecule has 0 radical (unpaired) electrons. The lowest BCUT2D eigenvalue weighted by Crippen LogP contribution is -2.27. The van der Waals surface area contributed by atoms with Gasteiger partial charge >= 0.3 is 0 Å². The van der Waals surface area contributed by atoms with E-state index < -0.39 is 0 Å². The minimum Gasteiger partial charge on any atom is -0.463 e. The van der Waals surface area contributed by atoms with Crippen LogP contribution in [0.2, 0.25) is 5.02 Å². The quantitative estimate of drug-likeness (QED) is 0.789. The van der Waals surface area contributed by atoms with Gasteiger partial charge in [-0.05, 0) is 36.8 Å². The molecule has 0 aliphatic heterocycles. The molecule has 1 amide bonds. The molecule has 6 nitrogen and oxygen atoms in total. The summed E-state index contributed by atoms with van der Waals surface area (Å²) in [6.07, 6.45) is 2.83. The number of halogens is 1. The Morgan fingerprint density at radius 2 is 2.17 bits per heavy atom. The highest BCUT2D eigenvalue weighted by Crippen LogP contribution is 2.22. The molecule has 0 fully saturated rings. The van der Waals surface area contributed by atoms with Crippen LogP contribution in [-0.4, -0.2) is 15.5 Å². The average molecular weight is 344 g/mol. The number of nitrogens with zero attached hydrogens (tertiary/aromatic N) is 2. The highest BCUT2D eigenvalue weighted by atomic mass is 35.5. The maximum atomic E-state index is 12.2. The summed E-state index contributed by atoms with van der Waals surface area (Å²) in [5, 5.41) is 3.30. The summed E-state index contributed by atoms with van der Waals surface area (Å²) in [5.74, 6) is 0.160. The van der Waals surface area contributed by atoms with Gasteiger partial charge in [0, 0.05) is 16.8 Å². The van der Waals surface area contributed by atoms with Crippen LogP contribution in [-0.2, 0) is 11.3 Å². The molecule has 0 saturated heterocycles. The molecule has 24 heavy (non-hydrogen) atoms. The number of furan rings is 1. The first-order valence-corrected chi connectivity index (χ1v) is 7.58. The second-order valence-electron chi connectivity index (χ2n) is 5.18. The lowest BCUT2D eigenvalue weighted by Gasteiger charge is -2.10. The van der Waals surface area contributed by atoms with Crippen molar-refractivity contribution >= 4 is 23.2 Å². The molecule has 2 aromatic heterocycles. The third-order valence-electron chi connectivity index (χ3n) is 3.51. The Labute approximate surface area is 142 Å². The zero-order chi connectivity index (χ0) is 17.1. The fourth-order valence-electron chi connectivity index (χ4n) is 2.19. The number of amides is 1. The molecule has 0 aliphatic rings. The number of carbonyl (C=O) groups excluding carboxylic acids is 1. The van der Waals surface area contributed by atoms with Crippen LogP contribution in [0, 0.1) is 6.92 Å². The first-order valence-electron chi connectivity index (χ1n) is 7.20. The molecule has 0 saturated carbocycles. The fourth-order valence-corrected chi connectivity index (χ4v) is 2.37. The van der Waals surface area contributed by atoms with Gasteiger partial charge in [-0.2, -0.15) is 0 Å². The van der Waals surface area contributed by atoms with Gasteiger partial charge in [-0.15, -0.1) is 0 Å². The van der Waals surface area contributed by atoms with Crippen LogP contribution in [0.5, 0.6) is 0 Å². The molecule has 3 rings (SSSR count). The summed E-state index contributed by atoms with van der Waals surface area (Å²) >= 11 is 6.02. The number of hydrogen-bond acceptors (Lipinski definition) is 4. The second-order valence-corrected chi connectivity index (χ2v) is 5.59. The van der Waals surface area contributed by atoms with E-state index >= 15 is 0 Å². The van der Waals surface area contributed by atoms with E-state index in [1.54, 1.807) is 30.3 Å². The topological polar surface area (TPSA) is 77.1 Å². The van der Waals surface area contributed by atoms with Crippen LogP contribution >= 0.6 is 11.6 Å². The minimum absolute atomic E-state index is 0.143. The van der Waals surface area contributed by atoms with Gasteiger partial charge in [-0.3, -0.25) is 14.2 Å². The Balaban J connectivity index is 1.75. The Hall–Kier alpha value is -2.86. The van der Waals surface area contributed by atoms with E-state index in [4.69, 9.17) is 16.0 Å². The van der Waals surface area contributed by atoms with Crippen molar-refractivity contribution < 1.29 is 9.21 Å². The van der Waals surface area contributed by atoms with Crippen LogP contribution < -0.4 is 10.9 Å². The molecule has 0 spiro atoms. The number of anilines is 1. The molecule has 1 N–H and O–H groups in total. The monoisotopic (exact) mass is 343 g/mol. The highest BCUT2D eigenvalue weighted by molar-refractivity contribution is 6.31. The standard InChI is InChI=1S/C17H14ClN3O3/c1-11-12(18)4-2-5-13(11)20-16(22)9-21-10-19-14(8-17(21)23)15-6-3-7-24-15/h2-8,10H,9H2,1H3,(H,20,22). The zero-order valence-corrected chi connectivity index (χ0v) is 13.6. The van der Waals surface area contributed by atoms with Crippen molar-refractivity contribution in [2.24, 2.45) is 0 Å². The second kappa shape index (κ2) is 6.72. The molecule has 2 heterocycles. The van der Waals surface area contributed by atoms with Crippen molar-refractivity contribution in [3.8, 4) is 11.5 Å². The fraction of sp³-hybridized carbons (Fsp3) is 0.118. The largest absolute Gasteiger partial charge is 0.463 e. The molecule has 0 aliphatic carbocycles. The van der Waals surface area contributed by atoms with Crippen molar-refractivity contribution in [3.63, 3.8) is 0 Å². The van der Waals surface area contributed by atoms with Gasteiger partial charge in [-0.1, -0.05) is 17.7 Å². The van der Waals surface area contributed by atoms with E-state index in [9.17, 15) is 9.59 Å². The summed E-state index contributed by atoms with van der Waals surface area (Å²) in [5.41, 5.74) is 1.47. The summed E-state index contributed by atoms with van der Waals surface area (Å²) in [6.45, 7) is 1.67. The maximum absolute atomic E-state index is 12.2. The van der Waals surface area contributed by atoms with Crippen LogP contribution in [0.4, 0.5) is 5.69 Å². The molecular weight excluding hydrogens is 330 g/mol. The van der Waals surface area contributed by atoms with Crippen molar-refractivity contribution in [3.05, 3.63) is 69.9 Å². The first kappa shape index (κ1) is 16.0. The molecule has 0 bridgehead atoms. The van der Waals surface area contributed by atoms with Crippen molar-refractivity contribution in [2.75, 3.05) is 5.32 Å². The smallest absolute Gasteiger partial charge is 0.254 e.